The molecule has 1 aromatic carbocycles. The third-order valence-corrected chi connectivity index (χ3v) is 3.40. The molecule has 0 aliphatic rings. The molecule has 3 N–H and O–H groups in total. The van der Waals surface area contributed by atoms with Gasteiger partial charge >= 0.3 is 0 Å². The molecular formula is C14H15BrFN3. The minimum Gasteiger partial charge on any atom is -0.271 e. The number of aromatic nitrogens is 1. The van der Waals surface area contributed by atoms with Crippen LogP contribution < -0.4 is 11.3 Å². The topological polar surface area (TPSA) is 50.9 Å². The van der Waals surface area contributed by atoms with E-state index in [0.717, 1.165) is 15.9 Å². The van der Waals surface area contributed by atoms with Crippen molar-refractivity contribution in [1.82, 2.24) is 10.4 Å². The fraction of sp³-hybridized carbons (Fsp3) is 0.214. The van der Waals surface area contributed by atoms with Gasteiger partial charge in [-0.05, 0) is 43.2 Å². The molecule has 0 aliphatic heterocycles. The molecule has 100 valence electrons. The number of hydrazine groups is 1. The molecule has 0 amide bonds. The van der Waals surface area contributed by atoms with Crippen LogP contribution in [0.1, 0.15) is 23.0 Å². The third-order valence-electron chi connectivity index (χ3n) is 2.91. The average Bonchev–Trinajstić information content (AvgIpc) is 2.38. The first-order valence-corrected chi connectivity index (χ1v) is 6.73. The van der Waals surface area contributed by atoms with Crippen LogP contribution >= 0.6 is 15.9 Å². The third kappa shape index (κ3) is 3.59. The van der Waals surface area contributed by atoms with Crippen molar-refractivity contribution < 1.29 is 4.39 Å². The number of benzene rings is 1. The minimum absolute atomic E-state index is 0.212. The molecule has 0 bridgehead atoms. The van der Waals surface area contributed by atoms with E-state index in [1.54, 1.807) is 6.07 Å². The number of aryl methyl sites for hydroxylation is 1. The Hall–Kier alpha value is -1.30. The summed E-state index contributed by atoms with van der Waals surface area (Å²) in [6.07, 6.45) is 0.450. The predicted molar refractivity (Wildman–Crippen MR) is 76.8 cm³/mol. The van der Waals surface area contributed by atoms with Crippen LogP contribution in [0, 0.1) is 12.7 Å². The Balaban J connectivity index is 2.24. The van der Waals surface area contributed by atoms with Crippen LogP contribution in [0.15, 0.2) is 40.9 Å². The first-order chi connectivity index (χ1) is 9.10. The van der Waals surface area contributed by atoms with Crippen molar-refractivity contribution in [3.8, 4) is 0 Å². The number of rotatable bonds is 4. The van der Waals surface area contributed by atoms with Crippen LogP contribution in [0.4, 0.5) is 4.39 Å². The van der Waals surface area contributed by atoms with E-state index in [1.165, 1.54) is 6.07 Å². The summed E-state index contributed by atoms with van der Waals surface area (Å²) in [7, 11) is 0. The Bertz CT molecular complexity index is 574. The Morgan fingerprint density at radius 1 is 1.37 bits per heavy atom. The van der Waals surface area contributed by atoms with Crippen molar-refractivity contribution in [2.24, 2.45) is 5.84 Å². The van der Waals surface area contributed by atoms with Gasteiger partial charge in [0.1, 0.15) is 5.82 Å². The molecule has 0 saturated heterocycles. The van der Waals surface area contributed by atoms with Gasteiger partial charge in [0.05, 0.1) is 11.7 Å². The summed E-state index contributed by atoms with van der Waals surface area (Å²) in [6.45, 7) is 1.91. The monoisotopic (exact) mass is 323 g/mol. The van der Waals surface area contributed by atoms with Gasteiger partial charge in [-0.2, -0.15) is 0 Å². The van der Waals surface area contributed by atoms with Gasteiger partial charge in [0.25, 0.3) is 0 Å². The second kappa shape index (κ2) is 6.23. The SMILES string of the molecule is Cc1cccc(C(Cc2ccc(Br)cc2F)NN)n1. The van der Waals surface area contributed by atoms with Crippen LogP contribution in [0.5, 0.6) is 0 Å². The van der Waals surface area contributed by atoms with Gasteiger partial charge in [-0.15, -0.1) is 0 Å². The molecule has 1 heterocycles. The van der Waals surface area contributed by atoms with E-state index in [4.69, 9.17) is 5.84 Å². The van der Waals surface area contributed by atoms with E-state index in [1.807, 2.05) is 31.2 Å². The van der Waals surface area contributed by atoms with Gasteiger partial charge in [-0.1, -0.05) is 28.1 Å². The maximum atomic E-state index is 13.8. The van der Waals surface area contributed by atoms with Gasteiger partial charge < -0.3 is 0 Å². The first-order valence-electron chi connectivity index (χ1n) is 5.94. The lowest BCUT2D eigenvalue weighted by Gasteiger charge is -2.16. The highest BCUT2D eigenvalue weighted by Crippen LogP contribution is 2.21. The minimum atomic E-state index is -0.248. The van der Waals surface area contributed by atoms with Crippen molar-refractivity contribution in [1.29, 1.82) is 0 Å². The molecule has 2 rings (SSSR count). The lowest BCUT2D eigenvalue weighted by Crippen LogP contribution is -2.30. The van der Waals surface area contributed by atoms with Crippen LogP contribution in [-0.2, 0) is 6.42 Å². The zero-order chi connectivity index (χ0) is 13.8. The van der Waals surface area contributed by atoms with Crippen molar-refractivity contribution >= 4 is 15.9 Å². The standard InChI is InChI=1S/C14H15BrFN3/c1-9-3-2-4-13(18-9)14(19-17)7-10-5-6-11(15)8-12(10)16/h2-6,8,14,19H,7,17H2,1H3. The van der Waals surface area contributed by atoms with E-state index < -0.39 is 0 Å². The Morgan fingerprint density at radius 3 is 2.79 bits per heavy atom. The molecule has 0 spiro atoms. The molecule has 1 atom stereocenters. The molecule has 5 heteroatoms. The normalized spacial score (nSPS) is 12.4. The summed E-state index contributed by atoms with van der Waals surface area (Å²) in [5.41, 5.74) is 5.02. The summed E-state index contributed by atoms with van der Waals surface area (Å²) >= 11 is 3.24. The number of hydrogen-bond acceptors (Lipinski definition) is 3. The molecule has 2 aromatic rings. The van der Waals surface area contributed by atoms with Crippen LogP contribution in [0.2, 0.25) is 0 Å². The largest absolute Gasteiger partial charge is 0.271 e. The summed E-state index contributed by atoms with van der Waals surface area (Å²) in [5.74, 6) is 5.31. The Labute approximate surface area is 120 Å². The quantitative estimate of drug-likeness (QED) is 0.671. The number of pyridine rings is 1. The van der Waals surface area contributed by atoms with Gasteiger partial charge in [0, 0.05) is 10.2 Å². The fourth-order valence-electron chi connectivity index (χ4n) is 1.91. The highest BCUT2D eigenvalue weighted by Gasteiger charge is 2.14. The summed E-state index contributed by atoms with van der Waals surface area (Å²) in [6, 6.07) is 10.5. The Morgan fingerprint density at radius 2 is 2.16 bits per heavy atom. The van der Waals surface area contributed by atoms with Crippen LogP contribution in [-0.4, -0.2) is 4.98 Å². The van der Waals surface area contributed by atoms with Gasteiger partial charge in [0.2, 0.25) is 0 Å². The summed E-state index contributed by atoms with van der Waals surface area (Å²) < 4.78 is 14.5. The molecule has 1 unspecified atom stereocenters. The summed E-state index contributed by atoms with van der Waals surface area (Å²) in [4.78, 5) is 4.41. The lowest BCUT2D eigenvalue weighted by molar-refractivity contribution is 0.518. The second-order valence-corrected chi connectivity index (χ2v) is 5.28. The molecule has 0 aliphatic carbocycles. The second-order valence-electron chi connectivity index (χ2n) is 4.36. The maximum Gasteiger partial charge on any atom is 0.127 e. The van der Waals surface area contributed by atoms with Gasteiger partial charge in [-0.3, -0.25) is 16.3 Å². The number of nitrogens with one attached hydrogen (secondary N) is 1. The maximum absolute atomic E-state index is 13.8. The van der Waals surface area contributed by atoms with Crippen LogP contribution in [0.25, 0.3) is 0 Å². The molecule has 1 aromatic heterocycles. The van der Waals surface area contributed by atoms with E-state index in [-0.39, 0.29) is 11.9 Å². The van der Waals surface area contributed by atoms with Crippen molar-refractivity contribution in [3.63, 3.8) is 0 Å². The van der Waals surface area contributed by atoms with Crippen molar-refractivity contribution in [2.75, 3.05) is 0 Å². The smallest absolute Gasteiger partial charge is 0.127 e. The molecule has 0 saturated carbocycles. The molecular weight excluding hydrogens is 309 g/mol. The summed E-state index contributed by atoms with van der Waals surface area (Å²) in [5, 5.41) is 0. The molecule has 3 nitrogen and oxygen atoms in total. The van der Waals surface area contributed by atoms with Gasteiger partial charge in [-0.25, -0.2) is 4.39 Å². The lowest BCUT2D eigenvalue weighted by atomic mass is 10.0. The zero-order valence-corrected chi connectivity index (χ0v) is 12.1. The zero-order valence-electron chi connectivity index (χ0n) is 10.5. The van der Waals surface area contributed by atoms with E-state index in [2.05, 4.69) is 26.3 Å². The highest BCUT2D eigenvalue weighted by molar-refractivity contribution is 9.10. The van der Waals surface area contributed by atoms with Crippen molar-refractivity contribution in [2.45, 2.75) is 19.4 Å². The van der Waals surface area contributed by atoms with E-state index in [9.17, 15) is 4.39 Å². The molecule has 0 radical (unpaired) electrons. The predicted octanol–water partition coefficient (Wildman–Crippen LogP) is 3.04. The van der Waals surface area contributed by atoms with Crippen LogP contribution in [0.3, 0.4) is 0 Å². The number of halogens is 2. The van der Waals surface area contributed by atoms with Crippen molar-refractivity contribution in [3.05, 3.63) is 63.6 Å². The van der Waals surface area contributed by atoms with E-state index >= 15 is 0 Å². The fourth-order valence-corrected chi connectivity index (χ4v) is 2.25. The molecule has 0 fully saturated rings. The molecule has 19 heavy (non-hydrogen) atoms. The highest BCUT2D eigenvalue weighted by atomic mass is 79.9. The number of nitrogens with zero attached hydrogens (tertiary/aromatic N) is 1. The number of hydrogen-bond donors (Lipinski definition) is 2. The Kier molecular flexibility index (Phi) is 4.63. The number of nitrogens with two attached hydrogens (primary N) is 1. The van der Waals surface area contributed by atoms with E-state index in [0.29, 0.717) is 12.0 Å². The average molecular weight is 324 g/mol. The first kappa shape index (κ1) is 14.1. The van der Waals surface area contributed by atoms with Gasteiger partial charge in [0.15, 0.2) is 0 Å².